The molecule has 82 valence electrons. The number of thiol groups is 1. The quantitative estimate of drug-likeness (QED) is 0.402. The van der Waals surface area contributed by atoms with E-state index in [2.05, 4.69) is 17.4 Å². The van der Waals surface area contributed by atoms with Crippen molar-refractivity contribution in [1.82, 2.24) is 4.90 Å². The van der Waals surface area contributed by atoms with E-state index in [9.17, 15) is 14.4 Å². The summed E-state index contributed by atoms with van der Waals surface area (Å²) in [7, 11) is 0. The summed E-state index contributed by atoms with van der Waals surface area (Å²) in [5, 5.41) is 0. The fourth-order valence-electron chi connectivity index (χ4n) is 0.511. The van der Waals surface area contributed by atoms with E-state index in [0.29, 0.717) is 12.2 Å². The van der Waals surface area contributed by atoms with Gasteiger partial charge in [-0.3, -0.25) is 19.3 Å². The molecule has 14 heavy (non-hydrogen) atoms. The van der Waals surface area contributed by atoms with Gasteiger partial charge >= 0.3 is 0 Å². The molecule has 0 aromatic heterocycles. The highest BCUT2D eigenvalue weighted by Crippen LogP contribution is 1.92. The van der Waals surface area contributed by atoms with E-state index in [1.807, 2.05) is 13.8 Å². The van der Waals surface area contributed by atoms with Crippen LogP contribution in [0.2, 0.25) is 0 Å². The van der Waals surface area contributed by atoms with Crippen molar-refractivity contribution in [3.05, 3.63) is 0 Å². The largest absolute Gasteiger partial charge is 0.446 e. The standard InChI is InChI=1S/C6H9NO4S.C2H6/c8-3-7(4-11-5-9)6(10)1-2-12;1-2/h3,5,12H,1-2,4H2;1-2H3. The highest BCUT2D eigenvalue weighted by molar-refractivity contribution is 7.80. The van der Waals surface area contributed by atoms with Crippen LogP contribution >= 0.6 is 12.6 Å². The molecule has 0 aliphatic carbocycles. The first-order valence-corrected chi connectivity index (χ1v) is 4.80. The van der Waals surface area contributed by atoms with Crippen LogP contribution in [0.15, 0.2) is 0 Å². The van der Waals surface area contributed by atoms with Crippen molar-refractivity contribution in [2.24, 2.45) is 0 Å². The number of ether oxygens (including phenoxy) is 1. The number of carbonyl (C=O) groups excluding carboxylic acids is 3. The molecule has 0 atom stereocenters. The Morgan fingerprint density at radius 3 is 2.36 bits per heavy atom. The van der Waals surface area contributed by atoms with Gasteiger partial charge in [0.25, 0.3) is 6.47 Å². The number of rotatable bonds is 6. The highest BCUT2D eigenvalue weighted by Gasteiger charge is 2.10. The maximum Gasteiger partial charge on any atom is 0.294 e. The molecule has 0 aliphatic heterocycles. The second-order valence-electron chi connectivity index (χ2n) is 1.83. The van der Waals surface area contributed by atoms with Crippen molar-refractivity contribution in [3.8, 4) is 0 Å². The minimum Gasteiger partial charge on any atom is -0.446 e. The first-order valence-electron chi connectivity index (χ1n) is 4.17. The van der Waals surface area contributed by atoms with Crippen LogP contribution in [-0.2, 0) is 19.1 Å². The van der Waals surface area contributed by atoms with Crippen LogP contribution in [0.3, 0.4) is 0 Å². The van der Waals surface area contributed by atoms with Gasteiger partial charge in [-0.25, -0.2) is 0 Å². The molecule has 0 saturated heterocycles. The highest BCUT2D eigenvalue weighted by atomic mass is 32.1. The van der Waals surface area contributed by atoms with Gasteiger partial charge in [-0.1, -0.05) is 13.8 Å². The second-order valence-corrected chi connectivity index (χ2v) is 2.28. The first-order chi connectivity index (χ1) is 6.76. The number of carbonyl (C=O) groups is 3. The molecule has 0 rings (SSSR count). The minimum atomic E-state index is -0.415. The molecule has 5 nitrogen and oxygen atoms in total. The van der Waals surface area contributed by atoms with Gasteiger partial charge in [0.2, 0.25) is 12.3 Å². The Hall–Kier alpha value is -1.04. The van der Waals surface area contributed by atoms with E-state index in [0.717, 1.165) is 4.90 Å². The predicted octanol–water partition coefficient (Wildman–Crippen LogP) is 0.448. The average molecular weight is 221 g/mol. The van der Waals surface area contributed by atoms with Gasteiger partial charge in [-0.2, -0.15) is 12.6 Å². The zero-order valence-electron chi connectivity index (χ0n) is 8.30. The van der Waals surface area contributed by atoms with E-state index in [1.54, 1.807) is 0 Å². The van der Waals surface area contributed by atoms with Crippen molar-refractivity contribution in [2.45, 2.75) is 20.3 Å². The Morgan fingerprint density at radius 2 is 2.00 bits per heavy atom. The lowest BCUT2D eigenvalue weighted by molar-refractivity contribution is -0.147. The third-order valence-electron chi connectivity index (χ3n) is 1.05. The summed E-state index contributed by atoms with van der Waals surface area (Å²) in [4.78, 5) is 31.6. The molecular weight excluding hydrogens is 206 g/mol. The van der Waals surface area contributed by atoms with E-state index >= 15 is 0 Å². The van der Waals surface area contributed by atoms with Crippen LogP contribution in [0.1, 0.15) is 20.3 Å². The molecule has 0 spiro atoms. The Labute approximate surface area is 88.8 Å². The van der Waals surface area contributed by atoms with E-state index in [-0.39, 0.29) is 19.6 Å². The number of imide groups is 1. The predicted molar refractivity (Wildman–Crippen MR) is 54.7 cm³/mol. The maximum absolute atomic E-state index is 10.9. The molecule has 6 heteroatoms. The Bertz CT molecular complexity index is 175. The monoisotopic (exact) mass is 221 g/mol. The van der Waals surface area contributed by atoms with Crippen molar-refractivity contribution in [1.29, 1.82) is 0 Å². The SMILES string of the molecule is CC.O=COCN(C=O)C(=O)CCS. The zero-order valence-corrected chi connectivity index (χ0v) is 9.20. The number of amides is 2. The summed E-state index contributed by atoms with van der Waals surface area (Å²) in [5.41, 5.74) is 0. The zero-order chi connectivity index (χ0) is 11.4. The molecule has 0 aliphatic rings. The lowest BCUT2D eigenvalue weighted by atomic mass is 10.4. The van der Waals surface area contributed by atoms with Crippen LogP contribution in [0.25, 0.3) is 0 Å². The van der Waals surface area contributed by atoms with Crippen molar-refractivity contribution >= 4 is 31.4 Å². The van der Waals surface area contributed by atoms with Crippen LogP contribution in [0, 0.1) is 0 Å². The van der Waals surface area contributed by atoms with Gasteiger partial charge in [0.15, 0.2) is 6.73 Å². The lowest BCUT2D eigenvalue weighted by Gasteiger charge is -2.12. The number of nitrogens with zero attached hydrogens (tertiary/aromatic N) is 1. The second kappa shape index (κ2) is 12.0. The molecule has 0 aromatic carbocycles. The molecule has 0 radical (unpaired) electrons. The summed E-state index contributed by atoms with van der Waals surface area (Å²) in [5.74, 6) is -0.0635. The summed E-state index contributed by atoms with van der Waals surface area (Å²) in [6.45, 7) is 3.84. The Morgan fingerprint density at radius 1 is 1.43 bits per heavy atom. The van der Waals surface area contributed by atoms with Gasteiger partial charge in [0.1, 0.15) is 0 Å². The fourth-order valence-corrected chi connectivity index (χ4v) is 0.702. The summed E-state index contributed by atoms with van der Waals surface area (Å²) in [6.07, 6.45) is 0.458. The lowest BCUT2D eigenvalue weighted by Crippen LogP contribution is -2.31. The van der Waals surface area contributed by atoms with Gasteiger partial charge in [0, 0.05) is 6.42 Å². The van der Waals surface area contributed by atoms with Gasteiger partial charge in [-0.15, -0.1) is 0 Å². The van der Waals surface area contributed by atoms with Gasteiger partial charge in [0.05, 0.1) is 0 Å². The van der Waals surface area contributed by atoms with Crippen molar-refractivity contribution in [3.63, 3.8) is 0 Å². The summed E-state index contributed by atoms with van der Waals surface area (Å²) in [6, 6.07) is 0. The van der Waals surface area contributed by atoms with Crippen molar-refractivity contribution in [2.75, 3.05) is 12.5 Å². The summed E-state index contributed by atoms with van der Waals surface area (Å²) >= 11 is 3.81. The molecule has 0 bridgehead atoms. The third-order valence-corrected chi connectivity index (χ3v) is 1.28. The molecule has 0 fully saturated rings. The fraction of sp³-hybridized carbons (Fsp3) is 0.625. The van der Waals surface area contributed by atoms with Crippen molar-refractivity contribution < 1.29 is 19.1 Å². The Balaban J connectivity index is 0. The maximum atomic E-state index is 10.9. The van der Waals surface area contributed by atoms with Gasteiger partial charge < -0.3 is 4.74 Å². The van der Waals surface area contributed by atoms with Gasteiger partial charge in [-0.05, 0) is 5.75 Å². The first kappa shape index (κ1) is 15.4. The van der Waals surface area contributed by atoms with E-state index in [1.165, 1.54) is 0 Å². The summed E-state index contributed by atoms with van der Waals surface area (Å²) < 4.78 is 4.22. The van der Waals surface area contributed by atoms with E-state index in [4.69, 9.17) is 0 Å². The molecule has 0 saturated carbocycles. The minimum absolute atomic E-state index is 0.143. The van der Waals surface area contributed by atoms with Crippen LogP contribution in [0.4, 0.5) is 0 Å². The van der Waals surface area contributed by atoms with Crippen LogP contribution in [-0.4, -0.2) is 36.2 Å². The van der Waals surface area contributed by atoms with Crippen LogP contribution < -0.4 is 0 Å². The number of hydrogen-bond donors (Lipinski definition) is 1. The van der Waals surface area contributed by atoms with E-state index < -0.39 is 5.91 Å². The smallest absolute Gasteiger partial charge is 0.294 e. The molecule has 0 unspecified atom stereocenters. The normalized spacial score (nSPS) is 7.93. The molecule has 0 heterocycles. The third kappa shape index (κ3) is 7.60. The molecule has 2 amide bonds. The molecule has 0 N–H and O–H groups in total. The average Bonchev–Trinajstić information content (AvgIpc) is 2.22. The van der Waals surface area contributed by atoms with Crippen LogP contribution in [0.5, 0.6) is 0 Å². The molecule has 0 aromatic rings. The Kier molecular flexibility index (Phi) is 13.2. The molecular formula is C8H15NO4S. The number of hydrogen-bond acceptors (Lipinski definition) is 5. The topological polar surface area (TPSA) is 63.7 Å².